The van der Waals surface area contributed by atoms with Crippen LogP contribution in [0, 0.1) is 11.8 Å². The van der Waals surface area contributed by atoms with E-state index < -0.39 is 0 Å². The highest BCUT2D eigenvalue weighted by atomic mass is 32.2. The van der Waals surface area contributed by atoms with Crippen molar-refractivity contribution in [3.8, 4) is 0 Å². The number of carbonyl (C=O) groups is 2. The maximum Gasteiger partial charge on any atom is 0.220 e. The van der Waals surface area contributed by atoms with E-state index in [1.165, 1.54) is 108 Å². The third-order valence-electron chi connectivity index (χ3n) is 9.00. The van der Waals surface area contributed by atoms with Gasteiger partial charge in [0.15, 0.2) is 0 Å². The van der Waals surface area contributed by atoms with Crippen LogP contribution < -0.4 is 5.32 Å². The monoisotopic (exact) mass is 566 g/mol. The van der Waals surface area contributed by atoms with Gasteiger partial charge < -0.3 is 15.3 Å². The third-order valence-corrected chi connectivity index (χ3v) is 10.0. The summed E-state index contributed by atoms with van der Waals surface area (Å²) in [6, 6.07) is -0.277. The second-order valence-corrected chi connectivity index (χ2v) is 13.6. The Morgan fingerprint density at radius 1 is 0.872 bits per heavy atom. The molecule has 2 aliphatic rings. The third kappa shape index (κ3) is 15.8. The number of aliphatic hydroxyl groups excluding tert-OH is 1. The van der Waals surface area contributed by atoms with Gasteiger partial charge in [-0.15, -0.1) is 0 Å². The summed E-state index contributed by atoms with van der Waals surface area (Å²) in [4.78, 5) is 26.7. The topological polar surface area (TPSA) is 69.6 Å². The molecule has 3 unspecified atom stereocenters. The average molecular weight is 567 g/mol. The molecule has 5 nitrogen and oxygen atoms in total. The van der Waals surface area contributed by atoms with E-state index in [4.69, 9.17) is 0 Å². The molecule has 6 heteroatoms. The fourth-order valence-electron chi connectivity index (χ4n) is 6.23. The van der Waals surface area contributed by atoms with Gasteiger partial charge in [0.05, 0.1) is 12.1 Å². The van der Waals surface area contributed by atoms with Crippen molar-refractivity contribution < 1.29 is 14.7 Å². The lowest BCUT2D eigenvalue weighted by Gasteiger charge is -2.38. The molecule has 1 heterocycles. The van der Waals surface area contributed by atoms with Crippen molar-refractivity contribution in [2.24, 2.45) is 11.8 Å². The van der Waals surface area contributed by atoms with Crippen molar-refractivity contribution in [1.82, 2.24) is 10.2 Å². The molecule has 0 spiro atoms. The number of nitrogens with one attached hydrogen (secondary N) is 1. The van der Waals surface area contributed by atoms with Gasteiger partial charge >= 0.3 is 0 Å². The van der Waals surface area contributed by atoms with Crippen LogP contribution in [0.2, 0.25) is 0 Å². The normalized spacial score (nSPS) is 19.4. The molecule has 0 radical (unpaired) electrons. The van der Waals surface area contributed by atoms with Crippen LogP contribution in [0.5, 0.6) is 0 Å². The van der Waals surface area contributed by atoms with Gasteiger partial charge in [0.1, 0.15) is 0 Å². The summed E-state index contributed by atoms with van der Waals surface area (Å²) in [6.45, 7) is 7.37. The first-order valence-electron chi connectivity index (χ1n) is 16.9. The standard InChI is InChI=1S/C33H62N2O3S/c1-3-5-7-9-11-13-18-29(28-19-17-20-28)26-35(27-30(36)21-14-12-10-8-6-4-2)24-16-15-22-32(37)34-31-23-25-39-33(31)38/h28-31,36H,3-27H2,1-2H3,(H,34,37). The van der Waals surface area contributed by atoms with Crippen molar-refractivity contribution >= 4 is 22.8 Å². The quantitative estimate of drug-likeness (QED) is 0.110. The average Bonchev–Trinajstić information content (AvgIpc) is 3.28. The minimum atomic E-state index is -0.277. The molecule has 1 saturated carbocycles. The van der Waals surface area contributed by atoms with Gasteiger partial charge in [0.25, 0.3) is 0 Å². The smallest absolute Gasteiger partial charge is 0.220 e. The van der Waals surface area contributed by atoms with Crippen molar-refractivity contribution in [1.29, 1.82) is 0 Å². The predicted octanol–water partition coefficient (Wildman–Crippen LogP) is 7.89. The molecule has 3 atom stereocenters. The summed E-state index contributed by atoms with van der Waals surface area (Å²) < 4.78 is 0. The van der Waals surface area contributed by atoms with Gasteiger partial charge in [-0.3, -0.25) is 9.59 Å². The summed E-state index contributed by atoms with van der Waals surface area (Å²) in [7, 11) is 0. The van der Waals surface area contributed by atoms with E-state index in [1.54, 1.807) is 0 Å². The number of rotatable bonds is 25. The summed E-state index contributed by atoms with van der Waals surface area (Å²) >= 11 is 1.34. The number of nitrogens with zero attached hydrogens (tertiary/aromatic N) is 1. The zero-order valence-electron chi connectivity index (χ0n) is 25.6. The van der Waals surface area contributed by atoms with Gasteiger partial charge in [-0.05, 0) is 50.5 Å². The molecule has 1 aliphatic heterocycles. The van der Waals surface area contributed by atoms with Gasteiger partial charge in [-0.1, -0.05) is 122 Å². The lowest BCUT2D eigenvalue weighted by Crippen LogP contribution is -2.40. The lowest BCUT2D eigenvalue weighted by atomic mass is 9.73. The molecule has 2 fully saturated rings. The molecule has 0 aromatic heterocycles. The zero-order chi connectivity index (χ0) is 28.1. The summed E-state index contributed by atoms with van der Waals surface area (Å²) in [6.07, 6.45) is 24.9. The number of thioether (sulfide) groups is 1. The minimum Gasteiger partial charge on any atom is -0.392 e. The SMILES string of the molecule is CCCCCCCCC(O)CN(CCCCC(=O)NC1CCSC1=O)CC(CCCCCCCC)C1CCC1. The highest BCUT2D eigenvalue weighted by molar-refractivity contribution is 8.14. The largest absolute Gasteiger partial charge is 0.392 e. The maximum absolute atomic E-state index is 12.4. The van der Waals surface area contributed by atoms with E-state index in [2.05, 4.69) is 24.1 Å². The molecule has 0 bridgehead atoms. The molecule has 1 saturated heterocycles. The van der Waals surface area contributed by atoms with E-state index in [0.717, 1.165) is 69.3 Å². The summed E-state index contributed by atoms with van der Waals surface area (Å²) in [5.74, 6) is 2.45. The minimum absolute atomic E-state index is 0.0147. The Labute approximate surface area is 245 Å². The van der Waals surface area contributed by atoms with Gasteiger partial charge in [0.2, 0.25) is 11.0 Å². The van der Waals surface area contributed by atoms with Crippen molar-refractivity contribution in [3.05, 3.63) is 0 Å². The van der Waals surface area contributed by atoms with Crippen molar-refractivity contribution in [2.75, 3.05) is 25.4 Å². The van der Waals surface area contributed by atoms with Crippen LogP contribution >= 0.6 is 11.8 Å². The first-order valence-corrected chi connectivity index (χ1v) is 17.9. The molecule has 2 rings (SSSR count). The van der Waals surface area contributed by atoms with Gasteiger partial charge in [-0.2, -0.15) is 0 Å². The number of carbonyl (C=O) groups excluding carboxylic acids is 2. The first-order chi connectivity index (χ1) is 19.0. The molecule has 39 heavy (non-hydrogen) atoms. The van der Waals surface area contributed by atoms with Gasteiger partial charge in [-0.25, -0.2) is 0 Å². The number of unbranched alkanes of at least 4 members (excludes halogenated alkanes) is 11. The molecule has 0 aromatic rings. The fourth-order valence-corrected chi connectivity index (χ4v) is 7.16. The Morgan fingerprint density at radius 3 is 2.10 bits per heavy atom. The molecular formula is C33H62N2O3S. The molecule has 1 amide bonds. The summed E-state index contributed by atoms with van der Waals surface area (Å²) in [5, 5.41) is 14.0. The van der Waals surface area contributed by atoms with Crippen LogP contribution in [-0.2, 0) is 9.59 Å². The Hall–Kier alpha value is -0.590. The van der Waals surface area contributed by atoms with Crippen LogP contribution in [0.4, 0.5) is 0 Å². The maximum atomic E-state index is 12.4. The number of aliphatic hydroxyl groups is 1. The van der Waals surface area contributed by atoms with Crippen molar-refractivity contribution in [3.63, 3.8) is 0 Å². The molecule has 1 aliphatic carbocycles. The second-order valence-electron chi connectivity index (χ2n) is 12.5. The fraction of sp³-hybridized carbons (Fsp3) is 0.939. The number of amides is 1. The van der Waals surface area contributed by atoms with Gasteiger partial charge in [0, 0.05) is 25.3 Å². The van der Waals surface area contributed by atoms with E-state index in [0.29, 0.717) is 6.42 Å². The number of hydrogen-bond donors (Lipinski definition) is 2. The molecule has 228 valence electrons. The van der Waals surface area contributed by atoms with Crippen LogP contribution in [-0.4, -0.2) is 58.6 Å². The van der Waals surface area contributed by atoms with Crippen LogP contribution in [0.3, 0.4) is 0 Å². The highest BCUT2D eigenvalue weighted by Crippen LogP contribution is 2.37. The van der Waals surface area contributed by atoms with E-state index in [1.807, 2.05) is 0 Å². The molecular weight excluding hydrogens is 504 g/mol. The Balaban J connectivity index is 1.79. The summed E-state index contributed by atoms with van der Waals surface area (Å²) in [5.41, 5.74) is 0. The Kier molecular flexibility index (Phi) is 19.6. The van der Waals surface area contributed by atoms with Crippen LogP contribution in [0.25, 0.3) is 0 Å². The Bertz CT molecular complexity index is 642. The zero-order valence-corrected chi connectivity index (χ0v) is 26.4. The highest BCUT2D eigenvalue weighted by Gasteiger charge is 2.29. The van der Waals surface area contributed by atoms with Crippen molar-refractivity contribution in [2.45, 2.75) is 161 Å². The van der Waals surface area contributed by atoms with Crippen LogP contribution in [0.1, 0.15) is 149 Å². The predicted molar refractivity (Wildman–Crippen MR) is 167 cm³/mol. The second kappa shape index (κ2) is 22.1. The number of hydrogen-bond acceptors (Lipinski definition) is 5. The van der Waals surface area contributed by atoms with Crippen LogP contribution in [0.15, 0.2) is 0 Å². The van der Waals surface area contributed by atoms with E-state index >= 15 is 0 Å². The Morgan fingerprint density at radius 2 is 1.51 bits per heavy atom. The van der Waals surface area contributed by atoms with E-state index in [9.17, 15) is 14.7 Å². The lowest BCUT2D eigenvalue weighted by molar-refractivity contribution is -0.124. The van der Waals surface area contributed by atoms with E-state index in [-0.39, 0.29) is 23.2 Å². The molecule has 0 aromatic carbocycles. The first kappa shape index (κ1) is 34.6. The molecule has 2 N–H and O–H groups in total.